The number of unbranched alkanes of at least 4 members (excludes halogenated alkanes) is 38. The third kappa shape index (κ3) is 47.3. The van der Waals surface area contributed by atoms with Gasteiger partial charge >= 0.3 is 17.9 Å². The van der Waals surface area contributed by atoms with Crippen LogP contribution in [-0.4, -0.2) is 37.2 Å². The second-order valence-electron chi connectivity index (χ2n) is 18.2. The fraction of sp³-hybridized carbons (Fsp3) is 0.943. The molecule has 0 aromatic heterocycles. The zero-order valence-electron chi connectivity index (χ0n) is 40.1. The highest BCUT2D eigenvalue weighted by atomic mass is 16.6. The van der Waals surface area contributed by atoms with E-state index in [0.29, 0.717) is 19.3 Å². The monoisotopic (exact) mass is 835 g/mol. The Labute approximate surface area is 368 Å². The predicted octanol–water partition coefficient (Wildman–Crippen LogP) is 17.2. The maximum absolute atomic E-state index is 12.8. The van der Waals surface area contributed by atoms with E-state index in [1.807, 2.05) is 0 Å². The quantitative estimate of drug-likeness (QED) is 0.0345. The number of hydrogen-bond acceptors (Lipinski definition) is 6. The van der Waals surface area contributed by atoms with Crippen molar-refractivity contribution in [1.29, 1.82) is 0 Å². The zero-order valence-corrected chi connectivity index (χ0v) is 40.1. The Morgan fingerprint density at radius 1 is 0.271 bits per heavy atom. The van der Waals surface area contributed by atoms with Gasteiger partial charge in [0, 0.05) is 19.3 Å². The van der Waals surface area contributed by atoms with Crippen molar-refractivity contribution in [3.8, 4) is 0 Å². The largest absolute Gasteiger partial charge is 0.462 e. The summed E-state index contributed by atoms with van der Waals surface area (Å²) in [5.74, 6) is -0.840. The van der Waals surface area contributed by atoms with Crippen LogP contribution in [-0.2, 0) is 28.6 Å². The van der Waals surface area contributed by atoms with Crippen molar-refractivity contribution < 1.29 is 28.6 Å². The maximum atomic E-state index is 12.8. The van der Waals surface area contributed by atoms with Gasteiger partial charge in [-0.25, -0.2) is 0 Å². The second kappa shape index (κ2) is 49.1. The van der Waals surface area contributed by atoms with E-state index in [9.17, 15) is 14.4 Å². The molecule has 0 saturated carbocycles. The molecule has 0 saturated heterocycles. The third-order valence-corrected chi connectivity index (χ3v) is 12.1. The lowest BCUT2D eigenvalue weighted by Crippen LogP contribution is -2.30. The summed E-state index contributed by atoms with van der Waals surface area (Å²) in [5.41, 5.74) is 0. The van der Waals surface area contributed by atoms with Crippen LogP contribution in [0.1, 0.15) is 303 Å². The first-order valence-corrected chi connectivity index (χ1v) is 26.5. The van der Waals surface area contributed by atoms with Crippen LogP contribution >= 0.6 is 0 Å². The highest BCUT2D eigenvalue weighted by Crippen LogP contribution is 2.17. The molecule has 0 aliphatic rings. The fourth-order valence-electron chi connectivity index (χ4n) is 8.09. The summed E-state index contributed by atoms with van der Waals surface area (Å²) in [6.45, 7) is 6.68. The average molecular weight is 835 g/mol. The van der Waals surface area contributed by atoms with Crippen molar-refractivity contribution >= 4 is 17.9 Å². The molecule has 6 nitrogen and oxygen atoms in total. The Hall–Kier alpha value is -1.59. The summed E-state index contributed by atoms with van der Waals surface area (Å²) in [6.07, 6.45) is 52.2. The molecule has 0 aliphatic heterocycles. The smallest absolute Gasteiger partial charge is 0.306 e. The van der Waals surface area contributed by atoms with Crippen molar-refractivity contribution in [3.63, 3.8) is 0 Å². The topological polar surface area (TPSA) is 78.9 Å². The predicted molar refractivity (Wildman–Crippen MR) is 252 cm³/mol. The molecule has 0 aromatic carbocycles. The minimum absolute atomic E-state index is 0.0617. The van der Waals surface area contributed by atoms with Crippen molar-refractivity contribution in [2.45, 2.75) is 309 Å². The number of carbonyl (C=O) groups excluding carboxylic acids is 3. The van der Waals surface area contributed by atoms with Gasteiger partial charge in [-0.05, 0) is 19.3 Å². The van der Waals surface area contributed by atoms with Crippen LogP contribution in [0.5, 0.6) is 0 Å². The summed E-state index contributed by atoms with van der Waals surface area (Å²) < 4.78 is 16.8. The summed E-state index contributed by atoms with van der Waals surface area (Å²) >= 11 is 0. The van der Waals surface area contributed by atoms with Crippen molar-refractivity contribution in [2.24, 2.45) is 0 Å². The van der Waals surface area contributed by atoms with Gasteiger partial charge in [0.05, 0.1) is 0 Å². The summed E-state index contributed by atoms with van der Waals surface area (Å²) in [6, 6.07) is 0. The molecule has 0 bridgehead atoms. The lowest BCUT2D eigenvalue weighted by Gasteiger charge is -2.18. The molecule has 0 amide bonds. The van der Waals surface area contributed by atoms with Gasteiger partial charge in [-0.3, -0.25) is 14.4 Å². The zero-order chi connectivity index (χ0) is 43.0. The van der Waals surface area contributed by atoms with E-state index in [-0.39, 0.29) is 31.1 Å². The molecular formula is C53H102O6. The fourth-order valence-corrected chi connectivity index (χ4v) is 8.09. The summed E-state index contributed by atoms with van der Waals surface area (Å²) in [4.78, 5) is 37.9. The molecule has 0 aromatic rings. The molecule has 0 aliphatic carbocycles. The van der Waals surface area contributed by atoms with Crippen LogP contribution in [0.25, 0.3) is 0 Å². The van der Waals surface area contributed by atoms with E-state index >= 15 is 0 Å². The highest BCUT2D eigenvalue weighted by Gasteiger charge is 2.19. The standard InChI is InChI=1S/C53H102O6/c1-4-7-10-13-16-19-22-24-26-28-31-33-36-39-42-45-51(54)57-48-50(59-53(56)47-44-41-38-35-30-21-18-15-12-9-6-3)49-58-52(55)46-43-40-37-34-32-29-27-25-23-20-17-14-11-8-5-2/h50H,4-49H2,1-3H3. The molecule has 0 N–H and O–H groups in total. The number of esters is 3. The first-order chi connectivity index (χ1) is 29.0. The minimum Gasteiger partial charge on any atom is -0.462 e. The van der Waals surface area contributed by atoms with E-state index in [1.54, 1.807) is 0 Å². The molecule has 350 valence electrons. The van der Waals surface area contributed by atoms with Crippen molar-refractivity contribution in [1.82, 2.24) is 0 Å². The van der Waals surface area contributed by atoms with Crippen molar-refractivity contribution in [2.75, 3.05) is 13.2 Å². The van der Waals surface area contributed by atoms with E-state index < -0.39 is 6.10 Å². The van der Waals surface area contributed by atoms with E-state index in [1.165, 1.54) is 205 Å². The Balaban J connectivity index is 4.27. The first-order valence-electron chi connectivity index (χ1n) is 26.5. The van der Waals surface area contributed by atoms with E-state index in [2.05, 4.69) is 20.8 Å². The normalized spacial score (nSPS) is 11.4. The molecule has 6 heteroatoms. The highest BCUT2D eigenvalue weighted by molar-refractivity contribution is 5.71. The van der Waals surface area contributed by atoms with Gasteiger partial charge in [0.2, 0.25) is 0 Å². The Morgan fingerprint density at radius 2 is 0.458 bits per heavy atom. The molecule has 0 spiro atoms. The Bertz CT molecular complexity index is 824. The second-order valence-corrected chi connectivity index (χ2v) is 18.2. The lowest BCUT2D eigenvalue weighted by molar-refractivity contribution is -0.167. The molecule has 0 radical (unpaired) electrons. The Morgan fingerprint density at radius 3 is 0.678 bits per heavy atom. The van der Waals surface area contributed by atoms with E-state index in [0.717, 1.165) is 57.8 Å². The molecule has 0 fully saturated rings. The van der Waals surface area contributed by atoms with Crippen LogP contribution in [0, 0.1) is 0 Å². The van der Waals surface area contributed by atoms with Gasteiger partial charge < -0.3 is 14.2 Å². The van der Waals surface area contributed by atoms with Crippen LogP contribution < -0.4 is 0 Å². The minimum atomic E-state index is -0.759. The number of rotatable bonds is 49. The van der Waals surface area contributed by atoms with Crippen LogP contribution in [0.15, 0.2) is 0 Å². The van der Waals surface area contributed by atoms with Gasteiger partial charge in [0.1, 0.15) is 13.2 Å². The number of ether oxygens (including phenoxy) is 3. The van der Waals surface area contributed by atoms with Gasteiger partial charge in [-0.1, -0.05) is 265 Å². The Kier molecular flexibility index (Phi) is 47.7. The molecule has 0 atom stereocenters. The van der Waals surface area contributed by atoms with Gasteiger partial charge in [0.25, 0.3) is 0 Å². The number of hydrogen-bond donors (Lipinski definition) is 0. The molecule has 0 heterocycles. The van der Waals surface area contributed by atoms with Gasteiger partial charge in [-0.2, -0.15) is 0 Å². The summed E-state index contributed by atoms with van der Waals surface area (Å²) in [5, 5.41) is 0. The van der Waals surface area contributed by atoms with Crippen LogP contribution in [0.2, 0.25) is 0 Å². The third-order valence-electron chi connectivity index (χ3n) is 12.1. The average Bonchev–Trinajstić information content (AvgIpc) is 3.23. The first kappa shape index (κ1) is 57.4. The van der Waals surface area contributed by atoms with Gasteiger partial charge in [0.15, 0.2) is 6.10 Å². The van der Waals surface area contributed by atoms with Gasteiger partial charge in [-0.15, -0.1) is 0 Å². The molecule has 0 rings (SSSR count). The maximum Gasteiger partial charge on any atom is 0.306 e. The van der Waals surface area contributed by atoms with Crippen LogP contribution in [0.3, 0.4) is 0 Å². The SMILES string of the molecule is CCCCCCCCCCCCCCCCCC(=O)OCC(COC(=O)CCCCCCCCCCCCCCCCC)OC(=O)CCCCCCCCCCCCC. The van der Waals surface area contributed by atoms with Crippen molar-refractivity contribution in [3.05, 3.63) is 0 Å². The van der Waals surface area contributed by atoms with E-state index in [4.69, 9.17) is 14.2 Å². The summed E-state index contributed by atoms with van der Waals surface area (Å²) in [7, 11) is 0. The molecular weight excluding hydrogens is 733 g/mol. The number of carbonyl (C=O) groups is 3. The molecule has 0 unspecified atom stereocenters. The molecule has 59 heavy (non-hydrogen) atoms. The van der Waals surface area contributed by atoms with Crippen LogP contribution in [0.4, 0.5) is 0 Å². The lowest BCUT2D eigenvalue weighted by atomic mass is 10.0.